The Kier molecular flexibility index (Phi) is 3.58. The van der Waals surface area contributed by atoms with Crippen LogP contribution in [-0.2, 0) is 0 Å². The topological polar surface area (TPSA) is 54.6 Å². The summed E-state index contributed by atoms with van der Waals surface area (Å²) < 4.78 is 4.56. The molecule has 1 aromatic rings. The summed E-state index contributed by atoms with van der Waals surface area (Å²) in [5.41, 5.74) is 0.517. The SMILES string of the molecule is CC(C)c1c(C(=O)O)sc(=NCl)n1Cl. The minimum Gasteiger partial charge on any atom is -0.477 e. The lowest BCUT2D eigenvalue weighted by molar-refractivity contribution is 0.0700. The van der Waals surface area contributed by atoms with Gasteiger partial charge in [-0.05, 0) is 5.92 Å². The van der Waals surface area contributed by atoms with E-state index >= 15 is 0 Å². The molecule has 1 rings (SSSR count). The van der Waals surface area contributed by atoms with Gasteiger partial charge >= 0.3 is 5.97 Å². The van der Waals surface area contributed by atoms with Gasteiger partial charge in [-0.3, -0.25) is 0 Å². The van der Waals surface area contributed by atoms with Crippen LogP contribution in [0, 0.1) is 0 Å². The fourth-order valence-electron chi connectivity index (χ4n) is 1.07. The van der Waals surface area contributed by atoms with Gasteiger partial charge in [-0.15, -0.1) is 4.51 Å². The van der Waals surface area contributed by atoms with Gasteiger partial charge in [0.2, 0.25) is 4.80 Å². The van der Waals surface area contributed by atoms with E-state index in [9.17, 15) is 4.79 Å². The average molecular weight is 255 g/mol. The molecule has 0 aliphatic heterocycles. The van der Waals surface area contributed by atoms with Crippen molar-refractivity contribution in [1.82, 2.24) is 4.09 Å². The Hall–Kier alpha value is -0.520. The zero-order valence-corrected chi connectivity index (χ0v) is 9.82. The van der Waals surface area contributed by atoms with Crippen molar-refractivity contribution < 1.29 is 9.90 Å². The first-order valence-electron chi connectivity index (χ1n) is 3.79. The fourth-order valence-corrected chi connectivity index (χ4v) is 2.67. The first-order chi connectivity index (χ1) is 6.49. The van der Waals surface area contributed by atoms with Crippen molar-refractivity contribution in [2.24, 2.45) is 4.51 Å². The lowest BCUT2D eigenvalue weighted by Crippen LogP contribution is -2.09. The summed E-state index contributed by atoms with van der Waals surface area (Å²) in [6.45, 7) is 3.71. The van der Waals surface area contributed by atoms with E-state index < -0.39 is 5.97 Å². The number of carboxylic acid groups (broad SMARTS) is 1. The zero-order chi connectivity index (χ0) is 10.9. The molecular weight excluding hydrogens is 247 g/mol. The van der Waals surface area contributed by atoms with Gasteiger partial charge in [0.05, 0.1) is 5.69 Å². The van der Waals surface area contributed by atoms with E-state index in [1.54, 1.807) is 0 Å². The molecule has 0 aliphatic rings. The van der Waals surface area contributed by atoms with Gasteiger partial charge in [-0.25, -0.2) is 8.88 Å². The van der Waals surface area contributed by atoms with Crippen LogP contribution in [0.2, 0.25) is 0 Å². The average Bonchev–Trinajstić information content (AvgIpc) is 2.42. The number of nitrogens with zero attached hydrogens (tertiary/aromatic N) is 2. The van der Waals surface area contributed by atoms with Gasteiger partial charge in [0, 0.05) is 23.6 Å². The molecule has 0 radical (unpaired) electrons. The second-order valence-electron chi connectivity index (χ2n) is 2.92. The molecule has 14 heavy (non-hydrogen) atoms. The Morgan fingerprint density at radius 2 is 2.21 bits per heavy atom. The number of rotatable bonds is 2. The second-order valence-corrected chi connectivity index (χ2v) is 4.41. The molecule has 0 aliphatic carbocycles. The number of thiazole rings is 1. The summed E-state index contributed by atoms with van der Waals surface area (Å²) in [7, 11) is 0. The highest BCUT2D eigenvalue weighted by atomic mass is 35.5. The summed E-state index contributed by atoms with van der Waals surface area (Å²) in [6.07, 6.45) is 0. The van der Waals surface area contributed by atoms with E-state index in [1.807, 2.05) is 13.8 Å². The molecule has 0 bridgehead atoms. The van der Waals surface area contributed by atoms with Crippen molar-refractivity contribution in [3.05, 3.63) is 15.4 Å². The molecule has 0 atom stereocenters. The number of aromatic nitrogens is 1. The molecule has 0 saturated heterocycles. The second kappa shape index (κ2) is 4.33. The Morgan fingerprint density at radius 3 is 2.50 bits per heavy atom. The van der Waals surface area contributed by atoms with Crippen LogP contribution in [0.4, 0.5) is 0 Å². The minimum absolute atomic E-state index is 0.00187. The minimum atomic E-state index is -1.01. The highest BCUT2D eigenvalue weighted by Crippen LogP contribution is 2.22. The molecule has 0 saturated carbocycles. The van der Waals surface area contributed by atoms with Crippen molar-refractivity contribution >= 4 is 40.9 Å². The Morgan fingerprint density at radius 1 is 1.64 bits per heavy atom. The van der Waals surface area contributed by atoms with E-state index in [0.717, 1.165) is 11.3 Å². The quantitative estimate of drug-likeness (QED) is 0.882. The maximum absolute atomic E-state index is 10.9. The maximum Gasteiger partial charge on any atom is 0.347 e. The van der Waals surface area contributed by atoms with Crippen LogP contribution in [0.25, 0.3) is 0 Å². The monoisotopic (exact) mass is 254 g/mol. The highest BCUT2D eigenvalue weighted by molar-refractivity contribution is 7.11. The molecule has 1 heterocycles. The van der Waals surface area contributed by atoms with Gasteiger partial charge in [0.15, 0.2) is 0 Å². The Balaban J connectivity index is 3.51. The molecule has 7 heteroatoms. The van der Waals surface area contributed by atoms with Gasteiger partial charge in [-0.1, -0.05) is 25.2 Å². The summed E-state index contributed by atoms with van der Waals surface area (Å²) in [5, 5.41) is 8.90. The predicted molar refractivity (Wildman–Crippen MR) is 56.0 cm³/mol. The summed E-state index contributed by atoms with van der Waals surface area (Å²) in [6, 6.07) is 0. The zero-order valence-electron chi connectivity index (χ0n) is 7.49. The summed E-state index contributed by atoms with van der Waals surface area (Å²) in [4.78, 5) is 11.3. The van der Waals surface area contributed by atoms with Crippen LogP contribution in [0.5, 0.6) is 0 Å². The van der Waals surface area contributed by atoms with Gasteiger partial charge in [0.25, 0.3) is 0 Å². The molecule has 0 aromatic carbocycles. The smallest absolute Gasteiger partial charge is 0.347 e. The van der Waals surface area contributed by atoms with Crippen molar-refractivity contribution in [3.63, 3.8) is 0 Å². The molecular formula is C7H8Cl2N2O2S. The summed E-state index contributed by atoms with van der Waals surface area (Å²) >= 11 is 12.1. The molecule has 78 valence electrons. The molecule has 0 amide bonds. The lowest BCUT2D eigenvalue weighted by Gasteiger charge is -2.04. The van der Waals surface area contributed by atoms with E-state index in [2.05, 4.69) is 4.51 Å². The summed E-state index contributed by atoms with van der Waals surface area (Å²) in [5.74, 6) is -1.01. The van der Waals surface area contributed by atoms with E-state index in [4.69, 9.17) is 28.7 Å². The molecule has 0 spiro atoms. The standard InChI is InChI=1S/C7H8Cl2N2O2S/c1-3(2)4-5(6(12)13)14-7(10-8)11(4)9/h3H,1-2H3,(H,12,13). The van der Waals surface area contributed by atoms with Crippen molar-refractivity contribution in [2.45, 2.75) is 19.8 Å². The number of halogens is 2. The van der Waals surface area contributed by atoms with Crippen LogP contribution in [0.1, 0.15) is 35.1 Å². The third-order valence-electron chi connectivity index (χ3n) is 1.62. The van der Waals surface area contributed by atoms with Crippen LogP contribution < -0.4 is 4.80 Å². The van der Waals surface area contributed by atoms with E-state index in [-0.39, 0.29) is 15.6 Å². The van der Waals surface area contributed by atoms with Gasteiger partial charge in [0.1, 0.15) is 4.88 Å². The van der Waals surface area contributed by atoms with Crippen LogP contribution in [-0.4, -0.2) is 15.2 Å². The van der Waals surface area contributed by atoms with Crippen LogP contribution in [0.15, 0.2) is 4.51 Å². The number of hydrogen-bond acceptors (Lipinski definition) is 3. The third-order valence-corrected chi connectivity index (χ3v) is 3.37. The Bertz CT molecular complexity index is 422. The van der Waals surface area contributed by atoms with Crippen molar-refractivity contribution in [2.75, 3.05) is 0 Å². The number of aromatic carboxylic acids is 1. The Labute approximate surface area is 94.6 Å². The van der Waals surface area contributed by atoms with Crippen molar-refractivity contribution in [1.29, 1.82) is 0 Å². The molecule has 1 N–H and O–H groups in total. The van der Waals surface area contributed by atoms with Crippen molar-refractivity contribution in [3.8, 4) is 0 Å². The predicted octanol–water partition coefficient (Wildman–Crippen LogP) is 2.43. The lowest BCUT2D eigenvalue weighted by atomic mass is 10.1. The molecule has 0 fully saturated rings. The van der Waals surface area contributed by atoms with Crippen LogP contribution in [0.3, 0.4) is 0 Å². The van der Waals surface area contributed by atoms with E-state index in [1.165, 1.54) is 4.09 Å². The number of carbonyl (C=O) groups is 1. The van der Waals surface area contributed by atoms with Gasteiger partial charge < -0.3 is 5.11 Å². The third kappa shape index (κ3) is 1.94. The molecule has 4 nitrogen and oxygen atoms in total. The fraction of sp³-hybridized carbons (Fsp3) is 0.429. The molecule has 1 aromatic heterocycles. The number of hydrogen-bond donors (Lipinski definition) is 1. The number of carboxylic acids is 1. The molecule has 0 unspecified atom stereocenters. The van der Waals surface area contributed by atoms with Crippen LogP contribution >= 0.6 is 34.9 Å². The highest BCUT2D eigenvalue weighted by Gasteiger charge is 2.20. The first-order valence-corrected chi connectivity index (χ1v) is 5.28. The largest absolute Gasteiger partial charge is 0.477 e. The maximum atomic E-state index is 10.9. The van der Waals surface area contributed by atoms with E-state index in [0.29, 0.717) is 5.69 Å². The van der Waals surface area contributed by atoms with Gasteiger partial charge in [-0.2, -0.15) is 0 Å². The normalized spacial score (nSPS) is 12.5. The first kappa shape index (κ1) is 11.6.